The first-order chi connectivity index (χ1) is 13.5. The summed E-state index contributed by atoms with van der Waals surface area (Å²) in [5, 5.41) is 6.61. The number of aromatic nitrogens is 1. The monoisotopic (exact) mass is 397 g/mol. The number of amides is 2. The van der Waals surface area contributed by atoms with Gasteiger partial charge in [0.25, 0.3) is 5.22 Å². The predicted octanol–water partition coefficient (Wildman–Crippen LogP) is 5.99. The summed E-state index contributed by atoms with van der Waals surface area (Å²) >= 11 is 1.49. The SMILES string of the molecule is CC(C)c1cccc(C(C)C)c1NC(=O)NCCSc1nc2ccccc2o1. The van der Waals surface area contributed by atoms with Crippen LogP contribution in [0.15, 0.2) is 52.1 Å². The molecule has 0 aliphatic heterocycles. The van der Waals surface area contributed by atoms with E-state index in [-0.39, 0.29) is 6.03 Å². The number of anilines is 1. The average molecular weight is 398 g/mol. The molecule has 3 rings (SSSR count). The number of rotatable bonds is 7. The number of carbonyl (C=O) groups is 1. The lowest BCUT2D eigenvalue weighted by molar-refractivity contribution is 0.252. The van der Waals surface area contributed by atoms with Crippen LogP contribution in [0.1, 0.15) is 50.7 Å². The molecule has 0 aliphatic carbocycles. The van der Waals surface area contributed by atoms with E-state index in [0.29, 0.717) is 29.4 Å². The van der Waals surface area contributed by atoms with Crippen molar-refractivity contribution in [2.75, 3.05) is 17.6 Å². The van der Waals surface area contributed by atoms with E-state index in [1.807, 2.05) is 24.3 Å². The molecular formula is C22H27N3O2S. The van der Waals surface area contributed by atoms with E-state index in [1.54, 1.807) is 0 Å². The van der Waals surface area contributed by atoms with Crippen molar-refractivity contribution < 1.29 is 9.21 Å². The average Bonchev–Trinajstić information content (AvgIpc) is 3.08. The standard InChI is InChI=1S/C22H27N3O2S/c1-14(2)16-8-7-9-17(15(3)4)20(16)25-21(26)23-12-13-28-22-24-18-10-5-6-11-19(18)27-22/h5-11,14-15H,12-13H2,1-4H3,(H2,23,25,26). The fourth-order valence-corrected chi connectivity index (χ4v) is 3.76. The molecule has 0 saturated carbocycles. The summed E-state index contributed by atoms with van der Waals surface area (Å²) in [5.74, 6) is 1.36. The largest absolute Gasteiger partial charge is 0.431 e. The highest BCUT2D eigenvalue weighted by Crippen LogP contribution is 2.32. The minimum absolute atomic E-state index is 0.187. The number of nitrogens with zero attached hydrogens (tertiary/aromatic N) is 1. The molecule has 0 bridgehead atoms. The van der Waals surface area contributed by atoms with E-state index >= 15 is 0 Å². The summed E-state index contributed by atoms with van der Waals surface area (Å²) < 4.78 is 5.68. The Balaban J connectivity index is 1.56. The fraction of sp³-hybridized carbons (Fsp3) is 0.364. The maximum absolute atomic E-state index is 12.4. The topological polar surface area (TPSA) is 67.2 Å². The minimum atomic E-state index is -0.187. The number of urea groups is 1. The van der Waals surface area contributed by atoms with E-state index in [4.69, 9.17) is 4.42 Å². The van der Waals surface area contributed by atoms with Crippen LogP contribution < -0.4 is 10.6 Å². The second-order valence-electron chi connectivity index (χ2n) is 7.30. The highest BCUT2D eigenvalue weighted by atomic mass is 32.2. The Bertz CT molecular complexity index is 891. The van der Waals surface area contributed by atoms with Gasteiger partial charge < -0.3 is 15.1 Å². The normalized spacial score (nSPS) is 11.4. The van der Waals surface area contributed by atoms with Crippen molar-refractivity contribution in [1.29, 1.82) is 0 Å². The number of para-hydroxylation sites is 3. The van der Waals surface area contributed by atoms with Crippen LogP contribution in [0.2, 0.25) is 0 Å². The third kappa shape index (κ3) is 4.87. The molecule has 0 aliphatic rings. The first-order valence-corrected chi connectivity index (χ1v) is 10.6. The van der Waals surface area contributed by atoms with E-state index in [1.165, 1.54) is 11.8 Å². The van der Waals surface area contributed by atoms with Gasteiger partial charge in [0.2, 0.25) is 0 Å². The van der Waals surface area contributed by atoms with Gasteiger partial charge in [0.1, 0.15) is 5.52 Å². The first-order valence-electron chi connectivity index (χ1n) is 9.61. The van der Waals surface area contributed by atoms with Crippen LogP contribution >= 0.6 is 11.8 Å². The van der Waals surface area contributed by atoms with Gasteiger partial charge in [0, 0.05) is 18.0 Å². The number of hydrogen-bond acceptors (Lipinski definition) is 4. The summed E-state index contributed by atoms with van der Waals surface area (Å²) in [7, 11) is 0. The molecule has 0 atom stereocenters. The highest BCUT2D eigenvalue weighted by Gasteiger charge is 2.15. The quantitative estimate of drug-likeness (QED) is 0.380. The van der Waals surface area contributed by atoms with E-state index in [9.17, 15) is 4.79 Å². The summed E-state index contributed by atoms with van der Waals surface area (Å²) in [6.45, 7) is 9.08. The van der Waals surface area contributed by atoms with Gasteiger partial charge in [0.15, 0.2) is 5.58 Å². The van der Waals surface area contributed by atoms with Crippen molar-refractivity contribution in [3.8, 4) is 0 Å². The van der Waals surface area contributed by atoms with Crippen molar-refractivity contribution in [2.24, 2.45) is 0 Å². The third-order valence-corrected chi connectivity index (χ3v) is 5.33. The third-order valence-electron chi connectivity index (χ3n) is 4.50. The molecule has 0 radical (unpaired) electrons. The van der Waals surface area contributed by atoms with Crippen molar-refractivity contribution in [3.63, 3.8) is 0 Å². The molecule has 0 spiro atoms. The van der Waals surface area contributed by atoms with Crippen LogP contribution in [0, 0.1) is 0 Å². The number of benzene rings is 2. The van der Waals surface area contributed by atoms with Crippen LogP contribution in [0.5, 0.6) is 0 Å². The molecule has 5 nitrogen and oxygen atoms in total. The summed E-state index contributed by atoms with van der Waals surface area (Å²) in [6.07, 6.45) is 0. The zero-order chi connectivity index (χ0) is 20.1. The van der Waals surface area contributed by atoms with Gasteiger partial charge in [-0.1, -0.05) is 69.8 Å². The molecule has 6 heteroatoms. The predicted molar refractivity (Wildman–Crippen MR) is 116 cm³/mol. The summed E-state index contributed by atoms with van der Waals surface area (Å²) in [6, 6.07) is 13.7. The number of nitrogens with one attached hydrogen (secondary N) is 2. The smallest absolute Gasteiger partial charge is 0.319 e. The van der Waals surface area contributed by atoms with Crippen LogP contribution in [0.25, 0.3) is 11.1 Å². The van der Waals surface area contributed by atoms with Gasteiger partial charge in [-0.3, -0.25) is 0 Å². The minimum Gasteiger partial charge on any atom is -0.431 e. The van der Waals surface area contributed by atoms with Crippen molar-refractivity contribution in [3.05, 3.63) is 53.6 Å². The number of oxazole rings is 1. The molecule has 0 fully saturated rings. The van der Waals surface area contributed by atoms with Gasteiger partial charge >= 0.3 is 6.03 Å². The molecular weight excluding hydrogens is 370 g/mol. The zero-order valence-electron chi connectivity index (χ0n) is 16.8. The Hall–Kier alpha value is -2.47. The molecule has 0 unspecified atom stereocenters. The highest BCUT2D eigenvalue weighted by molar-refractivity contribution is 7.99. The maximum Gasteiger partial charge on any atom is 0.319 e. The fourth-order valence-electron chi connectivity index (χ4n) is 3.07. The van der Waals surface area contributed by atoms with Crippen molar-refractivity contribution in [1.82, 2.24) is 10.3 Å². The molecule has 1 heterocycles. The van der Waals surface area contributed by atoms with Gasteiger partial charge in [0.05, 0.1) is 0 Å². The molecule has 28 heavy (non-hydrogen) atoms. The van der Waals surface area contributed by atoms with Crippen LogP contribution in [0.3, 0.4) is 0 Å². The van der Waals surface area contributed by atoms with Gasteiger partial charge in [-0.25, -0.2) is 9.78 Å². The number of fused-ring (bicyclic) bond motifs is 1. The van der Waals surface area contributed by atoms with Crippen LogP contribution in [0.4, 0.5) is 10.5 Å². The number of thioether (sulfide) groups is 1. The van der Waals surface area contributed by atoms with E-state index < -0.39 is 0 Å². The zero-order valence-corrected chi connectivity index (χ0v) is 17.6. The molecule has 2 aromatic carbocycles. The Labute approximate surface area is 170 Å². The second-order valence-corrected chi connectivity index (χ2v) is 8.34. The van der Waals surface area contributed by atoms with Gasteiger partial charge in [-0.2, -0.15) is 0 Å². The summed E-state index contributed by atoms with van der Waals surface area (Å²) in [4.78, 5) is 16.9. The van der Waals surface area contributed by atoms with Crippen LogP contribution in [-0.2, 0) is 0 Å². The number of hydrogen-bond donors (Lipinski definition) is 2. The Kier molecular flexibility index (Phi) is 6.62. The summed E-state index contributed by atoms with van der Waals surface area (Å²) in [5.41, 5.74) is 4.87. The molecule has 3 aromatic rings. The van der Waals surface area contributed by atoms with Gasteiger partial charge in [-0.15, -0.1) is 0 Å². The van der Waals surface area contributed by atoms with Crippen molar-refractivity contribution >= 4 is 34.6 Å². The molecule has 2 N–H and O–H groups in total. The Morgan fingerprint density at radius 1 is 1.04 bits per heavy atom. The Morgan fingerprint density at radius 3 is 2.36 bits per heavy atom. The van der Waals surface area contributed by atoms with Crippen LogP contribution in [-0.4, -0.2) is 23.3 Å². The Morgan fingerprint density at radius 2 is 1.71 bits per heavy atom. The van der Waals surface area contributed by atoms with E-state index in [0.717, 1.165) is 27.9 Å². The van der Waals surface area contributed by atoms with E-state index in [2.05, 4.69) is 61.5 Å². The molecule has 0 saturated heterocycles. The second kappa shape index (κ2) is 9.15. The van der Waals surface area contributed by atoms with Crippen molar-refractivity contribution in [2.45, 2.75) is 44.8 Å². The lowest BCUT2D eigenvalue weighted by atomic mass is 9.93. The van der Waals surface area contributed by atoms with Gasteiger partial charge in [-0.05, 0) is 35.1 Å². The lowest BCUT2D eigenvalue weighted by Gasteiger charge is -2.20. The molecule has 1 aromatic heterocycles. The number of carbonyl (C=O) groups excluding carboxylic acids is 1. The maximum atomic E-state index is 12.4. The molecule has 148 valence electrons. The first kappa shape index (κ1) is 20.3. The lowest BCUT2D eigenvalue weighted by Crippen LogP contribution is -2.31. The molecule has 2 amide bonds.